The van der Waals surface area contributed by atoms with Crippen LogP contribution in [-0.2, 0) is 16.1 Å². The molecule has 2 aromatic rings. The zero-order chi connectivity index (χ0) is 22.8. The maximum atomic E-state index is 13.3. The third kappa shape index (κ3) is 8.11. The van der Waals surface area contributed by atoms with Crippen LogP contribution in [0.2, 0.25) is 5.02 Å². The lowest BCUT2D eigenvalue weighted by Gasteiger charge is -2.31. The van der Waals surface area contributed by atoms with Crippen LogP contribution < -0.4 is 10.1 Å². The number of thioether (sulfide) groups is 1. The van der Waals surface area contributed by atoms with Gasteiger partial charge < -0.3 is 15.0 Å². The molecule has 0 fully saturated rings. The van der Waals surface area contributed by atoms with Crippen molar-refractivity contribution in [3.63, 3.8) is 0 Å². The van der Waals surface area contributed by atoms with Crippen molar-refractivity contribution in [1.82, 2.24) is 10.2 Å². The molecule has 0 radical (unpaired) electrons. The normalized spacial score (nSPS) is 11.8. The number of hydrogen-bond acceptors (Lipinski definition) is 4. The number of hydrogen-bond donors (Lipinski definition) is 1. The van der Waals surface area contributed by atoms with Gasteiger partial charge in [0, 0.05) is 23.0 Å². The van der Waals surface area contributed by atoms with E-state index in [1.165, 1.54) is 11.8 Å². The summed E-state index contributed by atoms with van der Waals surface area (Å²) >= 11 is 7.38. The molecule has 0 aliphatic rings. The summed E-state index contributed by atoms with van der Waals surface area (Å²) in [5.41, 5.74) is 0.916. The van der Waals surface area contributed by atoms with Crippen LogP contribution in [0.3, 0.4) is 0 Å². The van der Waals surface area contributed by atoms with Crippen molar-refractivity contribution in [3.05, 3.63) is 59.1 Å². The second kappa shape index (κ2) is 12.6. The van der Waals surface area contributed by atoms with Crippen LogP contribution in [0.4, 0.5) is 0 Å². The van der Waals surface area contributed by atoms with Gasteiger partial charge in [-0.1, -0.05) is 44.5 Å². The molecule has 2 rings (SSSR count). The fourth-order valence-electron chi connectivity index (χ4n) is 3.07. The number of benzene rings is 2. The Morgan fingerprint density at radius 1 is 1.16 bits per heavy atom. The molecule has 5 nitrogen and oxygen atoms in total. The highest BCUT2D eigenvalue weighted by Gasteiger charge is 2.28. The van der Waals surface area contributed by atoms with Gasteiger partial charge in [-0.2, -0.15) is 0 Å². The van der Waals surface area contributed by atoms with E-state index in [1.807, 2.05) is 57.2 Å². The Kier molecular flexibility index (Phi) is 10.2. The SMILES string of the molecule is CC[C@@H](C(=O)NCC(C)C)N(Cc1cccc(OC)c1)C(=O)CSc1ccc(Cl)cc1. The first kappa shape index (κ1) is 25.1. The van der Waals surface area contributed by atoms with E-state index in [-0.39, 0.29) is 17.6 Å². The first-order valence-corrected chi connectivity index (χ1v) is 11.8. The number of amides is 2. The van der Waals surface area contributed by atoms with Gasteiger partial charge in [0.2, 0.25) is 11.8 Å². The predicted molar refractivity (Wildman–Crippen MR) is 128 cm³/mol. The molecule has 1 N–H and O–H groups in total. The van der Waals surface area contributed by atoms with E-state index in [2.05, 4.69) is 5.32 Å². The lowest BCUT2D eigenvalue weighted by Crippen LogP contribution is -2.50. The molecule has 31 heavy (non-hydrogen) atoms. The molecule has 0 aromatic heterocycles. The van der Waals surface area contributed by atoms with E-state index in [0.29, 0.717) is 30.5 Å². The number of halogens is 1. The van der Waals surface area contributed by atoms with Crippen molar-refractivity contribution in [2.24, 2.45) is 5.92 Å². The molecule has 0 aliphatic heterocycles. The Morgan fingerprint density at radius 3 is 2.48 bits per heavy atom. The van der Waals surface area contributed by atoms with Crippen LogP contribution in [0, 0.1) is 5.92 Å². The molecule has 0 saturated heterocycles. The van der Waals surface area contributed by atoms with E-state index >= 15 is 0 Å². The number of carbonyl (C=O) groups excluding carboxylic acids is 2. The molecule has 0 bridgehead atoms. The molecule has 0 spiro atoms. The van der Waals surface area contributed by atoms with Gasteiger partial charge in [-0.3, -0.25) is 9.59 Å². The molecule has 1 atom stereocenters. The Morgan fingerprint density at radius 2 is 1.87 bits per heavy atom. The predicted octanol–water partition coefficient (Wildman–Crippen LogP) is 5.02. The summed E-state index contributed by atoms with van der Waals surface area (Å²) < 4.78 is 5.31. The maximum Gasteiger partial charge on any atom is 0.242 e. The summed E-state index contributed by atoms with van der Waals surface area (Å²) in [6, 6.07) is 14.4. The molecular formula is C24H31ClN2O3S. The highest BCUT2D eigenvalue weighted by molar-refractivity contribution is 8.00. The fourth-order valence-corrected chi connectivity index (χ4v) is 3.98. The minimum atomic E-state index is -0.539. The number of rotatable bonds is 11. The standard InChI is InChI=1S/C24H31ClN2O3S/c1-5-22(24(29)26-14-17(2)3)27(15-18-7-6-8-20(13-18)30-4)23(28)16-31-21-11-9-19(25)10-12-21/h6-13,17,22H,5,14-16H2,1-4H3,(H,26,29)/t22-/m0/s1. The minimum absolute atomic E-state index is 0.0886. The van der Waals surface area contributed by atoms with Gasteiger partial charge in [0.25, 0.3) is 0 Å². The average molecular weight is 463 g/mol. The highest BCUT2D eigenvalue weighted by atomic mass is 35.5. The molecule has 0 saturated carbocycles. The van der Waals surface area contributed by atoms with E-state index in [0.717, 1.165) is 16.2 Å². The molecule has 7 heteroatoms. The molecule has 2 aromatic carbocycles. The van der Waals surface area contributed by atoms with E-state index < -0.39 is 6.04 Å². The lowest BCUT2D eigenvalue weighted by molar-refractivity contribution is -0.139. The summed E-state index contributed by atoms with van der Waals surface area (Å²) in [6.45, 7) is 6.94. The Hall–Kier alpha value is -2.18. The number of methoxy groups -OCH3 is 1. The third-order valence-corrected chi connectivity index (χ3v) is 5.98. The smallest absolute Gasteiger partial charge is 0.242 e. The van der Waals surface area contributed by atoms with Crippen LogP contribution in [0.15, 0.2) is 53.4 Å². The van der Waals surface area contributed by atoms with Gasteiger partial charge in [-0.15, -0.1) is 11.8 Å². The van der Waals surface area contributed by atoms with Crippen molar-refractivity contribution < 1.29 is 14.3 Å². The topological polar surface area (TPSA) is 58.6 Å². The Labute approximate surface area is 194 Å². The van der Waals surface area contributed by atoms with Crippen molar-refractivity contribution in [2.45, 2.75) is 44.7 Å². The molecule has 168 valence electrons. The number of nitrogens with zero attached hydrogens (tertiary/aromatic N) is 1. The van der Waals surface area contributed by atoms with Crippen molar-refractivity contribution in [2.75, 3.05) is 19.4 Å². The third-order valence-electron chi connectivity index (χ3n) is 4.73. The summed E-state index contributed by atoms with van der Waals surface area (Å²) in [4.78, 5) is 28.8. The number of nitrogens with one attached hydrogen (secondary N) is 1. The lowest BCUT2D eigenvalue weighted by atomic mass is 10.1. The van der Waals surface area contributed by atoms with Crippen LogP contribution in [-0.4, -0.2) is 42.2 Å². The van der Waals surface area contributed by atoms with Crippen molar-refractivity contribution in [3.8, 4) is 5.75 Å². The molecule has 2 amide bonds. The maximum absolute atomic E-state index is 13.3. The van der Waals surface area contributed by atoms with Gasteiger partial charge in [0.15, 0.2) is 0 Å². The second-order valence-corrected chi connectivity index (χ2v) is 9.16. The zero-order valence-corrected chi connectivity index (χ0v) is 20.1. The van der Waals surface area contributed by atoms with Gasteiger partial charge in [-0.05, 0) is 54.3 Å². The molecule has 0 unspecified atom stereocenters. The quantitative estimate of drug-likeness (QED) is 0.476. The van der Waals surface area contributed by atoms with Gasteiger partial charge >= 0.3 is 0 Å². The van der Waals surface area contributed by atoms with E-state index in [1.54, 1.807) is 24.1 Å². The van der Waals surface area contributed by atoms with Crippen molar-refractivity contribution >= 4 is 35.2 Å². The van der Waals surface area contributed by atoms with E-state index in [9.17, 15) is 9.59 Å². The van der Waals surface area contributed by atoms with Gasteiger partial charge in [0.05, 0.1) is 12.9 Å². The van der Waals surface area contributed by atoms with Crippen LogP contribution in [0.1, 0.15) is 32.8 Å². The Balaban J connectivity index is 2.20. The van der Waals surface area contributed by atoms with Crippen molar-refractivity contribution in [1.29, 1.82) is 0 Å². The molecular weight excluding hydrogens is 432 g/mol. The zero-order valence-electron chi connectivity index (χ0n) is 18.6. The average Bonchev–Trinajstić information content (AvgIpc) is 2.77. The fraction of sp³-hybridized carbons (Fsp3) is 0.417. The van der Waals surface area contributed by atoms with Crippen LogP contribution in [0.5, 0.6) is 5.75 Å². The van der Waals surface area contributed by atoms with Crippen LogP contribution in [0.25, 0.3) is 0 Å². The summed E-state index contributed by atoms with van der Waals surface area (Å²) in [5, 5.41) is 3.63. The molecule has 0 heterocycles. The Bertz CT molecular complexity index is 858. The largest absolute Gasteiger partial charge is 0.497 e. The first-order chi connectivity index (χ1) is 14.8. The number of carbonyl (C=O) groups is 2. The first-order valence-electron chi connectivity index (χ1n) is 10.4. The van der Waals surface area contributed by atoms with Gasteiger partial charge in [0.1, 0.15) is 11.8 Å². The second-order valence-electron chi connectivity index (χ2n) is 7.68. The monoisotopic (exact) mass is 462 g/mol. The van der Waals surface area contributed by atoms with E-state index in [4.69, 9.17) is 16.3 Å². The summed E-state index contributed by atoms with van der Waals surface area (Å²) in [5.74, 6) is 1.08. The molecule has 0 aliphatic carbocycles. The number of ether oxygens (including phenoxy) is 1. The summed E-state index contributed by atoms with van der Waals surface area (Å²) in [6.07, 6.45) is 0.533. The highest BCUT2D eigenvalue weighted by Crippen LogP contribution is 2.23. The summed E-state index contributed by atoms with van der Waals surface area (Å²) in [7, 11) is 1.61. The minimum Gasteiger partial charge on any atom is -0.497 e. The van der Waals surface area contributed by atoms with Gasteiger partial charge in [-0.25, -0.2) is 0 Å². The van der Waals surface area contributed by atoms with Crippen LogP contribution >= 0.6 is 23.4 Å².